The summed E-state index contributed by atoms with van der Waals surface area (Å²) in [5, 5.41) is 5.41. The zero-order valence-electron chi connectivity index (χ0n) is 10.2. The van der Waals surface area contributed by atoms with Crippen LogP contribution in [0.15, 0.2) is 17.3 Å². The number of amides is 1. The second-order valence-electron chi connectivity index (χ2n) is 3.36. The molecule has 0 heterocycles. The van der Waals surface area contributed by atoms with Gasteiger partial charge < -0.3 is 15.4 Å². The molecular weight excluding hydrogens is 206 g/mol. The number of carbonyl (C=O) groups is 1. The molecule has 0 aliphatic rings. The van der Waals surface area contributed by atoms with Crippen molar-refractivity contribution in [3.63, 3.8) is 0 Å². The van der Waals surface area contributed by atoms with Crippen molar-refractivity contribution in [3.8, 4) is 0 Å². The third-order valence-electron chi connectivity index (χ3n) is 1.94. The quantitative estimate of drug-likeness (QED) is 0.473. The first-order valence-electron chi connectivity index (χ1n) is 5.33. The average Bonchev–Trinajstić information content (AvgIpc) is 2.30. The maximum atomic E-state index is 10.8. The zero-order chi connectivity index (χ0) is 12.2. The van der Waals surface area contributed by atoms with Gasteiger partial charge in [-0.15, -0.1) is 0 Å². The van der Waals surface area contributed by atoms with Gasteiger partial charge in [-0.3, -0.25) is 9.79 Å². The van der Waals surface area contributed by atoms with Crippen molar-refractivity contribution in [2.45, 2.75) is 25.8 Å². The van der Waals surface area contributed by atoms with Crippen LogP contribution in [0, 0.1) is 0 Å². The van der Waals surface area contributed by atoms with E-state index in [1.54, 1.807) is 32.8 Å². The van der Waals surface area contributed by atoms with Crippen molar-refractivity contribution in [2.75, 3.05) is 20.8 Å². The van der Waals surface area contributed by atoms with E-state index in [9.17, 15) is 4.79 Å². The largest absolute Gasteiger partial charge is 0.385 e. The average molecular weight is 227 g/mol. The lowest BCUT2D eigenvalue weighted by Crippen LogP contribution is -2.16. The third-order valence-corrected chi connectivity index (χ3v) is 1.94. The summed E-state index contributed by atoms with van der Waals surface area (Å²) >= 11 is 0. The fraction of sp³-hybridized carbons (Fsp3) is 0.636. The Kier molecular flexibility index (Phi) is 9.30. The Labute approximate surface area is 97.0 Å². The summed E-state index contributed by atoms with van der Waals surface area (Å²) in [5.41, 5.74) is 0. The van der Waals surface area contributed by atoms with Crippen LogP contribution >= 0.6 is 0 Å². The van der Waals surface area contributed by atoms with Gasteiger partial charge in [0.05, 0.1) is 12.4 Å². The summed E-state index contributed by atoms with van der Waals surface area (Å²) in [6.07, 6.45) is 6.33. The Hall–Kier alpha value is -1.36. The maximum absolute atomic E-state index is 10.8. The fourth-order valence-corrected chi connectivity index (χ4v) is 0.912. The highest BCUT2D eigenvalue weighted by atomic mass is 16.5. The van der Waals surface area contributed by atoms with E-state index in [1.165, 1.54) is 0 Å². The van der Waals surface area contributed by atoms with Crippen LogP contribution < -0.4 is 10.6 Å². The summed E-state index contributed by atoms with van der Waals surface area (Å²) in [4.78, 5) is 15.1. The van der Waals surface area contributed by atoms with Gasteiger partial charge in [0.2, 0.25) is 5.91 Å². The number of ether oxygens (including phenoxy) is 1. The van der Waals surface area contributed by atoms with Crippen LogP contribution in [0.4, 0.5) is 0 Å². The molecule has 0 aromatic heterocycles. The molecule has 16 heavy (non-hydrogen) atoms. The molecule has 0 rings (SSSR count). The van der Waals surface area contributed by atoms with E-state index in [1.807, 2.05) is 6.92 Å². The van der Waals surface area contributed by atoms with Crippen molar-refractivity contribution >= 4 is 12.2 Å². The number of hydrogen-bond acceptors (Lipinski definition) is 3. The van der Waals surface area contributed by atoms with E-state index >= 15 is 0 Å². The van der Waals surface area contributed by atoms with Crippen LogP contribution in [-0.4, -0.2) is 39.1 Å². The highest BCUT2D eigenvalue weighted by molar-refractivity contribution is 5.77. The standard InChI is InChI=1S/C11H21N3O2/c1-10(6-8-16-3)14-9-13-7-4-5-11(15)12-2/h4,7,9-10H,5-6,8H2,1-3H3,(H,12,15)(H,13,14)/b7-4-. The van der Waals surface area contributed by atoms with Gasteiger partial charge in [-0.1, -0.05) is 6.08 Å². The summed E-state index contributed by atoms with van der Waals surface area (Å²) in [6.45, 7) is 2.73. The topological polar surface area (TPSA) is 62.7 Å². The first-order valence-corrected chi connectivity index (χ1v) is 5.33. The number of methoxy groups -OCH3 is 1. The van der Waals surface area contributed by atoms with Crippen molar-refractivity contribution in [1.29, 1.82) is 0 Å². The summed E-state index contributed by atoms with van der Waals surface area (Å²) < 4.78 is 4.94. The molecule has 2 N–H and O–H groups in total. The molecule has 0 radical (unpaired) electrons. The molecule has 1 unspecified atom stereocenters. The minimum absolute atomic E-state index is 0.0107. The molecule has 0 aliphatic heterocycles. The number of carbonyl (C=O) groups excluding carboxylic acids is 1. The van der Waals surface area contributed by atoms with Gasteiger partial charge in [-0.2, -0.15) is 0 Å². The van der Waals surface area contributed by atoms with Crippen LogP contribution in [0.2, 0.25) is 0 Å². The second kappa shape index (κ2) is 10.2. The van der Waals surface area contributed by atoms with Gasteiger partial charge >= 0.3 is 0 Å². The number of hydrogen-bond donors (Lipinski definition) is 2. The summed E-state index contributed by atoms with van der Waals surface area (Å²) in [5.74, 6) is -0.0107. The van der Waals surface area contributed by atoms with Crippen LogP contribution in [0.3, 0.4) is 0 Å². The molecule has 5 heteroatoms. The van der Waals surface area contributed by atoms with E-state index in [2.05, 4.69) is 15.6 Å². The highest BCUT2D eigenvalue weighted by Crippen LogP contribution is 1.94. The minimum Gasteiger partial charge on any atom is -0.385 e. The molecule has 92 valence electrons. The molecule has 0 spiro atoms. The molecule has 1 atom stereocenters. The van der Waals surface area contributed by atoms with Crippen LogP contribution in [0.1, 0.15) is 19.8 Å². The van der Waals surface area contributed by atoms with Crippen LogP contribution in [-0.2, 0) is 9.53 Å². The number of nitrogens with zero attached hydrogens (tertiary/aromatic N) is 1. The minimum atomic E-state index is -0.0107. The SMILES string of the molecule is CNC(=O)C/C=C\NC=NC(C)CCOC. The van der Waals surface area contributed by atoms with Gasteiger partial charge in [-0.25, -0.2) is 0 Å². The van der Waals surface area contributed by atoms with Crippen molar-refractivity contribution in [3.05, 3.63) is 12.3 Å². The Morgan fingerprint density at radius 1 is 1.56 bits per heavy atom. The van der Waals surface area contributed by atoms with Gasteiger partial charge in [-0.05, 0) is 19.5 Å². The highest BCUT2D eigenvalue weighted by Gasteiger charge is 1.95. The van der Waals surface area contributed by atoms with Crippen molar-refractivity contribution in [1.82, 2.24) is 10.6 Å². The van der Waals surface area contributed by atoms with Crippen LogP contribution in [0.5, 0.6) is 0 Å². The molecule has 5 nitrogen and oxygen atoms in total. The molecule has 0 saturated heterocycles. The monoisotopic (exact) mass is 227 g/mol. The number of aliphatic imine (C=N–C) groups is 1. The summed E-state index contributed by atoms with van der Waals surface area (Å²) in [6, 6.07) is 0.236. The molecule has 0 fully saturated rings. The lowest BCUT2D eigenvalue weighted by molar-refractivity contribution is -0.119. The fourth-order valence-electron chi connectivity index (χ4n) is 0.912. The Morgan fingerprint density at radius 3 is 2.94 bits per heavy atom. The predicted octanol–water partition coefficient (Wildman–Crippen LogP) is 0.679. The normalized spacial score (nSPS) is 13.2. The predicted molar refractivity (Wildman–Crippen MR) is 65.4 cm³/mol. The molecular formula is C11H21N3O2. The van der Waals surface area contributed by atoms with Crippen molar-refractivity contribution in [2.24, 2.45) is 4.99 Å². The second-order valence-corrected chi connectivity index (χ2v) is 3.36. The molecule has 0 aliphatic carbocycles. The van der Waals surface area contributed by atoms with Gasteiger partial charge in [0, 0.05) is 27.2 Å². The molecule has 0 aromatic rings. The van der Waals surface area contributed by atoms with E-state index in [4.69, 9.17) is 4.74 Å². The van der Waals surface area contributed by atoms with E-state index in [-0.39, 0.29) is 11.9 Å². The van der Waals surface area contributed by atoms with Gasteiger partial charge in [0.1, 0.15) is 0 Å². The lowest BCUT2D eigenvalue weighted by atomic mass is 10.3. The molecule has 1 amide bonds. The Balaban J connectivity index is 3.56. The van der Waals surface area contributed by atoms with E-state index < -0.39 is 0 Å². The number of nitrogens with one attached hydrogen (secondary N) is 2. The lowest BCUT2D eigenvalue weighted by Gasteiger charge is -2.03. The van der Waals surface area contributed by atoms with E-state index in [0.717, 1.165) is 6.42 Å². The molecule has 0 bridgehead atoms. The smallest absolute Gasteiger partial charge is 0.223 e. The van der Waals surface area contributed by atoms with Crippen molar-refractivity contribution < 1.29 is 9.53 Å². The first-order chi connectivity index (χ1) is 7.70. The van der Waals surface area contributed by atoms with E-state index in [0.29, 0.717) is 13.0 Å². The first kappa shape index (κ1) is 14.6. The summed E-state index contributed by atoms with van der Waals surface area (Å²) in [7, 11) is 3.29. The van der Waals surface area contributed by atoms with Gasteiger partial charge in [0.25, 0.3) is 0 Å². The maximum Gasteiger partial charge on any atom is 0.223 e. The zero-order valence-corrected chi connectivity index (χ0v) is 10.2. The Bertz CT molecular complexity index is 239. The number of rotatable bonds is 8. The van der Waals surface area contributed by atoms with Crippen LogP contribution in [0.25, 0.3) is 0 Å². The molecule has 0 saturated carbocycles. The Morgan fingerprint density at radius 2 is 2.31 bits per heavy atom. The van der Waals surface area contributed by atoms with Gasteiger partial charge in [0.15, 0.2) is 0 Å². The third kappa shape index (κ3) is 9.21. The molecule has 0 aromatic carbocycles.